The van der Waals surface area contributed by atoms with Crippen molar-refractivity contribution >= 4 is 0 Å². The van der Waals surface area contributed by atoms with Crippen molar-refractivity contribution in [3.63, 3.8) is 0 Å². The highest BCUT2D eigenvalue weighted by Crippen LogP contribution is 2.27. The Kier molecular flexibility index (Phi) is 5.06. The lowest BCUT2D eigenvalue weighted by Gasteiger charge is -2.17. The maximum absolute atomic E-state index is 12.1. The molecule has 8 heteroatoms. The fourth-order valence-electron chi connectivity index (χ4n) is 1.37. The van der Waals surface area contributed by atoms with Gasteiger partial charge in [-0.15, -0.1) is 0 Å². The number of nitrogens with one attached hydrogen (secondary N) is 1. The van der Waals surface area contributed by atoms with Crippen LogP contribution in [0.4, 0.5) is 22.0 Å². The SMILES string of the molecule is N#CC(NCC(F)(F)F)c1ccccc1OC(F)F. The summed E-state index contributed by atoms with van der Waals surface area (Å²) in [5, 5.41) is 10.7. The molecule has 0 aliphatic carbocycles. The molecule has 0 spiro atoms. The van der Waals surface area contributed by atoms with Gasteiger partial charge in [0.2, 0.25) is 0 Å². The van der Waals surface area contributed by atoms with E-state index in [1.165, 1.54) is 18.2 Å². The van der Waals surface area contributed by atoms with Gasteiger partial charge in [0, 0.05) is 5.56 Å². The summed E-state index contributed by atoms with van der Waals surface area (Å²) >= 11 is 0. The molecule has 0 aromatic heterocycles. The van der Waals surface area contributed by atoms with Gasteiger partial charge in [-0.25, -0.2) is 0 Å². The van der Waals surface area contributed by atoms with E-state index in [0.29, 0.717) is 0 Å². The van der Waals surface area contributed by atoms with Crippen molar-refractivity contribution in [1.82, 2.24) is 5.32 Å². The van der Waals surface area contributed by atoms with Crippen LogP contribution in [0.2, 0.25) is 0 Å². The summed E-state index contributed by atoms with van der Waals surface area (Å²) < 4.78 is 64.6. The van der Waals surface area contributed by atoms with Gasteiger partial charge in [-0.3, -0.25) is 5.32 Å². The van der Waals surface area contributed by atoms with Gasteiger partial charge in [0.05, 0.1) is 12.6 Å². The fraction of sp³-hybridized carbons (Fsp3) is 0.364. The van der Waals surface area contributed by atoms with E-state index in [4.69, 9.17) is 5.26 Å². The number of rotatable bonds is 5. The molecule has 1 N–H and O–H groups in total. The molecule has 0 saturated carbocycles. The molecule has 0 fully saturated rings. The summed E-state index contributed by atoms with van der Waals surface area (Å²) in [6.45, 7) is -4.53. The van der Waals surface area contributed by atoms with Crippen LogP contribution < -0.4 is 10.1 Å². The number of halogens is 5. The first-order chi connectivity index (χ1) is 8.83. The first kappa shape index (κ1) is 15.2. The average molecular weight is 280 g/mol. The Bertz CT molecular complexity index is 455. The van der Waals surface area contributed by atoms with Crippen molar-refractivity contribution in [3.05, 3.63) is 29.8 Å². The predicted octanol–water partition coefficient (Wildman–Crippen LogP) is 3.00. The fourth-order valence-corrected chi connectivity index (χ4v) is 1.37. The predicted molar refractivity (Wildman–Crippen MR) is 55.5 cm³/mol. The molecule has 1 aromatic carbocycles. The van der Waals surface area contributed by atoms with Crippen LogP contribution in [0, 0.1) is 11.3 Å². The maximum Gasteiger partial charge on any atom is 0.401 e. The third kappa shape index (κ3) is 5.09. The van der Waals surface area contributed by atoms with Gasteiger partial charge in [-0.05, 0) is 6.07 Å². The lowest BCUT2D eigenvalue weighted by molar-refractivity contribution is -0.125. The molecule has 0 bridgehead atoms. The molecule has 0 radical (unpaired) electrons. The molecule has 3 nitrogen and oxygen atoms in total. The van der Waals surface area contributed by atoms with E-state index in [1.54, 1.807) is 6.07 Å². The third-order valence-corrected chi connectivity index (χ3v) is 2.08. The van der Waals surface area contributed by atoms with E-state index < -0.39 is 25.4 Å². The van der Waals surface area contributed by atoms with Gasteiger partial charge in [-0.1, -0.05) is 18.2 Å². The third-order valence-electron chi connectivity index (χ3n) is 2.08. The van der Waals surface area contributed by atoms with Crippen LogP contribution in [-0.2, 0) is 0 Å². The maximum atomic E-state index is 12.1. The number of ether oxygens (including phenoxy) is 1. The van der Waals surface area contributed by atoms with Crippen LogP contribution in [0.3, 0.4) is 0 Å². The second-order valence-electron chi connectivity index (χ2n) is 3.47. The number of nitriles is 1. The van der Waals surface area contributed by atoms with E-state index in [1.807, 2.05) is 5.32 Å². The van der Waals surface area contributed by atoms with Crippen LogP contribution in [-0.4, -0.2) is 19.3 Å². The van der Waals surface area contributed by atoms with Crippen molar-refractivity contribution < 1.29 is 26.7 Å². The van der Waals surface area contributed by atoms with Gasteiger partial charge < -0.3 is 4.74 Å². The number of nitrogens with zero attached hydrogens (tertiary/aromatic N) is 1. The van der Waals surface area contributed by atoms with Gasteiger partial charge in [0.15, 0.2) is 0 Å². The Labute approximate surface area is 105 Å². The molecule has 0 amide bonds. The highest BCUT2D eigenvalue weighted by Gasteiger charge is 2.29. The second kappa shape index (κ2) is 6.33. The molecule has 19 heavy (non-hydrogen) atoms. The van der Waals surface area contributed by atoms with E-state index in [2.05, 4.69) is 4.74 Å². The minimum Gasteiger partial charge on any atom is -0.434 e. The van der Waals surface area contributed by atoms with Crippen molar-refractivity contribution in [2.75, 3.05) is 6.54 Å². The molecule has 0 saturated heterocycles. The molecule has 0 aliphatic rings. The van der Waals surface area contributed by atoms with Crippen LogP contribution in [0.5, 0.6) is 5.75 Å². The molecule has 1 aromatic rings. The Morgan fingerprint density at radius 3 is 2.42 bits per heavy atom. The Morgan fingerprint density at radius 1 is 1.26 bits per heavy atom. The summed E-state index contributed by atoms with van der Waals surface area (Å²) in [7, 11) is 0. The number of hydrogen-bond acceptors (Lipinski definition) is 3. The van der Waals surface area contributed by atoms with E-state index in [0.717, 1.165) is 6.07 Å². The zero-order chi connectivity index (χ0) is 14.5. The average Bonchev–Trinajstić information content (AvgIpc) is 2.29. The standard InChI is InChI=1S/C11H9F5N2O/c12-10(13)19-9-4-2-1-3-7(9)8(5-17)18-6-11(14,15)16/h1-4,8,10,18H,6H2. The lowest BCUT2D eigenvalue weighted by atomic mass is 10.1. The van der Waals surface area contributed by atoms with E-state index in [9.17, 15) is 22.0 Å². The Hall–Kier alpha value is -1.88. The normalized spacial score (nSPS) is 13.1. The minimum atomic E-state index is -4.51. The second-order valence-corrected chi connectivity index (χ2v) is 3.47. The molecule has 0 aliphatic heterocycles. The minimum absolute atomic E-state index is 0.0745. The zero-order valence-electron chi connectivity index (χ0n) is 9.42. The van der Waals surface area contributed by atoms with Gasteiger partial charge in [-0.2, -0.15) is 27.2 Å². The highest BCUT2D eigenvalue weighted by molar-refractivity contribution is 5.38. The highest BCUT2D eigenvalue weighted by atomic mass is 19.4. The van der Waals surface area contributed by atoms with Crippen molar-refractivity contribution in [3.8, 4) is 11.8 Å². The first-order valence-electron chi connectivity index (χ1n) is 5.07. The number of hydrogen-bond donors (Lipinski definition) is 1. The quantitative estimate of drug-likeness (QED) is 0.843. The van der Waals surface area contributed by atoms with Gasteiger partial charge in [0.25, 0.3) is 0 Å². The molecule has 1 rings (SSSR count). The Morgan fingerprint density at radius 2 is 1.89 bits per heavy atom. The van der Waals surface area contributed by atoms with Crippen LogP contribution in [0.25, 0.3) is 0 Å². The largest absolute Gasteiger partial charge is 0.434 e. The topological polar surface area (TPSA) is 45.0 Å². The number of alkyl halides is 5. The summed E-state index contributed by atoms with van der Waals surface area (Å²) in [5.41, 5.74) is -0.0745. The summed E-state index contributed by atoms with van der Waals surface area (Å²) in [5.74, 6) is -0.335. The zero-order valence-corrected chi connectivity index (χ0v) is 9.42. The Balaban J connectivity index is 2.89. The summed E-state index contributed by atoms with van der Waals surface area (Å²) in [4.78, 5) is 0. The van der Waals surface area contributed by atoms with Crippen molar-refractivity contribution in [2.45, 2.75) is 18.8 Å². The molecule has 0 heterocycles. The van der Waals surface area contributed by atoms with Gasteiger partial charge in [0.1, 0.15) is 11.8 Å². The molecule has 1 unspecified atom stereocenters. The van der Waals surface area contributed by atoms with E-state index in [-0.39, 0.29) is 11.3 Å². The molecule has 1 atom stereocenters. The molecule has 104 valence electrons. The van der Waals surface area contributed by atoms with Crippen LogP contribution in [0.1, 0.15) is 11.6 Å². The monoisotopic (exact) mass is 280 g/mol. The van der Waals surface area contributed by atoms with E-state index >= 15 is 0 Å². The molecular weight excluding hydrogens is 271 g/mol. The number of benzene rings is 1. The van der Waals surface area contributed by atoms with Crippen LogP contribution in [0.15, 0.2) is 24.3 Å². The smallest absolute Gasteiger partial charge is 0.401 e. The number of para-hydroxylation sites is 1. The summed E-state index contributed by atoms with van der Waals surface area (Å²) in [6.07, 6.45) is -4.51. The summed E-state index contributed by atoms with van der Waals surface area (Å²) in [6, 6.07) is 5.36. The van der Waals surface area contributed by atoms with Crippen molar-refractivity contribution in [1.29, 1.82) is 5.26 Å². The molecular formula is C11H9F5N2O. The lowest BCUT2D eigenvalue weighted by Crippen LogP contribution is -2.31. The van der Waals surface area contributed by atoms with Crippen LogP contribution >= 0.6 is 0 Å². The van der Waals surface area contributed by atoms with Crippen molar-refractivity contribution in [2.24, 2.45) is 0 Å². The van der Waals surface area contributed by atoms with Gasteiger partial charge >= 0.3 is 12.8 Å². The first-order valence-corrected chi connectivity index (χ1v) is 5.07.